The van der Waals surface area contributed by atoms with E-state index in [9.17, 15) is 13.2 Å². The zero-order chi connectivity index (χ0) is 28.0. The second-order valence-corrected chi connectivity index (χ2v) is 13.6. The minimum Gasteiger partial charge on any atom is -0.461 e. The van der Waals surface area contributed by atoms with Crippen molar-refractivity contribution < 1.29 is 17.9 Å². The Hall–Kier alpha value is -1.91. The van der Waals surface area contributed by atoms with Gasteiger partial charge in [-0.2, -0.15) is 4.31 Å². The average Bonchev–Trinajstić information content (AvgIpc) is 3.31. The van der Waals surface area contributed by atoms with Gasteiger partial charge in [-0.1, -0.05) is 71.9 Å². The predicted molar refractivity (Wildman–Crippen MR) is 153 cm³/mol. The van der Waals surface area contributed by atoms with E-state index in [1.807, 2.05) is 24.5 Å². The largest absolute Gasteiger partial charge is 0.461 e. The summed E-state index contributed by atoms with van der Waals surface area (Å²) in [4.78, 5) is 13.1. The Kier molecular flexibility index (Phi) is 10.8. The topological polar surface area (TPSA) is 94.4 Å². The van der Waals surface area contributed by atoms with Gasteiger partial charge in [0.1, 0.15) is 6.10 Å². The lowest BCUT2D eigenvalue weighted by Crippen LogP contribution is -2.36. The molecule has 8 nitrogen and oxygen atoms in total. The summed E-state index contributed by atoms with van der Waals surface area (Å²) in [5, 5.41) is 9.46. The van der Waals surface area contributed by atoms with E-state index in [1.54, 1.807) is 18.2 Å². The van der Waals surface area contributed by atoms with Gasteiger partial charge in [-0.3, -0.25) is 9.36 Å². The van der Waals surface area contributed by atoms with Crippen molar-refractivity contribution in [3.05, 3.63) is 24.3 Å². The van der Waals surface area contributed by atoms with Gasteiger partial charge in [0, 0.05) is 24.7 Å². The van der Waals surface area contributed by atoms with Crippen LogP contribution in [0.1, 0.15) is 80.2 Å². The van der Waals surface area contributed by atoms with Gasteiger partial charge in [0.25, 0.3) is 0 Å². The molecule has 0 spiro atoms. The summed E-state index contributed by atoms with van der Waals surface area (Å²) >= 11 is 1.32. The summed E-state index contributed by atoms with van der Waals surface area (Å²) < 4.78 is 35.6. The highest BCUT2D eigenvalue weighted by atomic mass is 32.2. The molecule has 1 fully saturated rings. The number of thioether (sulfide) groups is 1. The van der Waals surface area contributed by atoms with E-state index in [0.717, 1.165) is 19.3 Å². The van der Waals surface area contributed by atoms with Crippen LogP contribution in [0.2, 0.25) is 0 Å². The van der Waals surface area contributed by atoms with Crippen LogP contribution in [0.15, 0.2) is 34.3 Å². The zero-order valence-corrected chi connectivity index (χ0v) is 25.5. The van der Waals surface area contributed by atoms with Crippen molar-refractivity contribution in [1.82, 2.24) is 19.1 Å². The quantitative estimate of drug-likeness (QED) is 0.229. The molecule has 0 unspecified atom stereocenters. The molecule has 0 bridgehead atoms. The molecule has 38 heavy (non-hydrogen) atoms. The van der Waals surface area contributed by atoms with Crippen molar-refractivity contribution >= 4 is 27.8 Å². The Bertz CT molecular complexity index is 1180. The van der Waals surface area contributed by atoms with Crippen molar-refractivity contribution in [3.8, 4) is 11.4 Å². The zero-order valence-electron chi connectivity index (χ0n) is 23.9. The molecule has 0 N–H and O–H groups in total. The number of sulfonamides is 1. The highest BCUT2D eigenvalue weighted by Crippen LogP contribution is 2.36. The second kappa shape index (κ2) is 13.4. The van der Waals surface area contributed by atoms with Gasteiger partial charge in [0.05, 0.1) is 10.6 Å². The van der Waals surface area contributed by atoms with E-state index in [0.29, 0.717) is 47.4 Å². The van der Waals surface area contributed by atoms with Crippen LogP contribution in [0, 0.1) is 17.8 Å². The lowest BCUT2D eigenvalue weighted by molar-refractivity contribution is -0.152. The molecule has 4 atom stereocenters. The lowest BCUT2D eigenvalue weighted by atomic mass is 9.75. The van der Waals surface area contributed by atoms with Crippen LogP contribution >= 0.6 is 11.8 Å². The number of ether oxygens (including phenoxy) is 1. The molecular formula is C28H44N4O4S2. The maximum absolute atomic E-state index is 13.1. The summed E-state index contributed by atoms with van der Waals surface area (Å²) in [6.45, 7) is 15.2. The fourth-order valence-electron chi connectivity index (χ4n) is 5.24. The van der Waals surface area contributed by atoms with Crippen molar-refractivity contribution in [2.24, 2.45) is 17.8 Å². The SMILES string of the molecule is CC[C@H](C)n1c(SCC(=O)O[C@@H]2C[C@H](C)CC[C@H]2C(C)C)nnc1-c1cccc(S(=O)(=O)N(CC)CC)c1. The molecule has 1 aromatic carbocycles. The molecule has 1 saturated carbocycles. The van der Waals surface area contributed by atoms with E-state index in [4.69, 9.17) is 4.74 Å². The molecule has 1 aromatic heterocycles. The Morgan fingerprint density at radius 3 is 2.50 bits per heavy atom. The summed E-state index contributed by atoms with van der Waals surface area (Å²) in [7, 11) is -3.60. The van der Waals surface area contributed by atoms with Gasteiger partial charge < -0.3 is 4.74 Å². The Morgan fingerprint density at radius 2 is 1.87 bits per heavy atom. The maximum atomic E-state index is 13.1. The third-order valence-corrected chi connectivity index (χ3v) is 10.7. The predicted octanol–water partition coefficient (Wildman–Crippen LogP) is 6.04. The maximum Gasteiger partial charge on any atom is 0.316 e. The first kappa shape index (κ1) is 30.6. The minimum atomic E-state index is -3.60. The van der Waals surface area contributed by atoms with Gasteiger partial charge >= 0.3 is 5.97 Å². The molecule has 0 saturated heterocycles. The number of hydrogen-bond acceptors (Lipinski definition) is 7. The molecule has 1 aliphatic rings. The standard InChI is InChI=1S/C28H44N4O4S2/c1-8-21(7)32-27(22-12-11-13-23(17-22)38(34,35)31(9-2)10-3)29-30-28(32)37-18-26(33)36-25-16-20(6)14-15-24(25)19(4)5/h11-13,17,19-21,24-25H,8-10,14-16,18H2,1-7H3/t20-,21+,24+,25-/m1/s1. The van der Waals surface area contributed by atoms with Gasteiger partial charge in [0.2, 0.25) is 10.0 Å². The first-order chi connectivity index (χ1) is 18.0. The second-order valence-electron chi connectivity index (χ2n) is 10.7. The molecule has 2 aromatic rings. The van der Waals surface area contributed by atoms with Crippen molar-refractivity contribution in [3.63, 3.8) is 0 Å². The van der Waals surface area contributed by atoms with Crippen LogP contribution in [-0.4, -0.2) is 58.4 Å². The van der Waals surface area contributed by atoms with Crippen LogP contribution < -0.4 is 0 Å². The van der Waals surface area contributed by atoms with Crippen molar-refractivity contribution in [1.29, 1.82) is 0 Å². The first-order valence-electron chi connectivity index (χ1n) is 13.9. The van der Waals surface area contributed by atoms with Crippen LogP contribution in [0.4, 0.5) is 0 Å². The molecule has 0 amide bonds. The van der Waals surface area contributed by atoms with Gasteiger partial charge in [-0.15, -0.1) is 10.2 Å². The first-order valence-corrected chi connectivity index (χ1v) is 16.3. The molecule has 10 heteroatoms. The fraction of sp³-hybridized carbons (Fsp3) is 0.679. The normalized spacial score (nSPS) is 21.1. The van der Waals surface area contributed by atoms with Crippen LogP contribution in [0.25, 0.3) is 11.4 Å². The third-order valence-electron chi connectivity index (χ3n) is 7.69. The number of carbonyl (C=O) groups is 1. The summed E-state index contributed by atoms with van der Waals surface area (Å²) in [6.07, 6.45) is 3.99. The van der Waals surface area contributed by atoms with Crippen molar-refractivity contribution in [2.45, 2.75) is 96.3 Å². The minimum absolute atomic E-state index is 0.0367. The van der Waals surface area contributed by atoms with E-state index in [2.05, 4.69) is 44.8 Å². The monoisotopic (exact) mass is 564 g/mol. The highest BCUT2D eigenvalue weighted by Gasteiger charge is 2.33. The Labute approximate surface area is 233 Å². The molecule has 1 heterocycles. The number of rotatable bonds is 12. The van der Waals surface area contributed by atoms with Gasteiger partial charge in [-0.25, -0.2) is 8.42 Å². The summed E-state index contributed by atoms with van der Waals surface area (Å²) in [5.74, 6) is 1.95. The number of nitrogens with zero attached hydrogens (tertiary/aromatic N) is 4. The van der Waals surface area contributed by atoms with E-state index >= 15 is 0 Å². The van der Waals surface area contributed by atoms with E-state index in [1.165, 1.54) is 22.5 Å². The number of aromatic nitrogens is 3. The fourth-order valence-corrected chi connectivity index (χ4v) is 7.56. The summed E-state index contributed by atoms with van der Waals surface area (Å²) in [6, 6.07) is 6.93. The Morgan fingerprint density at radius 1 is 1.16 bits per heavy atom. The van der Waals surface area contributed by atoms with Crippen LogP contribution in [-0.2, 0) is 19.6 Å². The molecule has 1 aliphatic carbocycles. The van der Waals surface area contributed by atoms with Crippen LogP contribution in [0.3, 0.4) is 0 Å². The van der Waals surface area contributed by atoms with Gasteiger partial charge in [-0.05, 0) is 56.1 Å². The van der Waals surface area contributed by atoms with Crippen molar-refractivity contribution in [2.75, 3.05) is 18.8 Å². The third kappa shape index (κ3) is 6.99. The molecule has 0 aliphatic heterocycles. The number of carbonyl (C=O) groups excluding carboxylic acids is 1. The van der Waals surface area contributed by atoms with E-state index in [-0.39, 0.29) is 28.8 Å². The van der Waals surface area contributed by atoms with E-state index < -0.39 is 10.0 Å². The summed E-state index contributed by atoms with van der Waals surface area (Å²) in [5.41, 5.74) is 0.677. The lowest BCUT2D eigenvalue weighted by Gasteiger charge is -2.36. The molecule has 0 radical (unpaired) electrons. The Balaban J connectivity index is 1.82. The average molecular weight is 565 g/mol. The molecule has 3 rings (SSSR count). The number of hydrogen-bond donors (Lipinski definition) is 0. The molecule has 212 valence electrons. The smallest absolute Gasteiger partial charge is 0.316 e. The van der Waals surface area contributed by atoms with Gasteiger partial charge in [0.15, 0.2) is 11.0 Å². The highest BCUT2D eigenvalue weighted by molar-refractivity contribution is 7.99. The van der Waals surface area contributed by atoms with Crippen LogP contribution in [0.5, 0.6) is 0 Å². The molecular weight excluding hydrogens is 520 g/mol. The number of benzene rings is 1. The number of esters is 1.